The number of nitrogens with two attached hydrogens (primary N) is 1. The summed E-state index contributed by atoms with van der Waals surface area (Å²) in [6.07, 6.45) is 0. The monoisotopic (exact) mass is 235 g/mol. The van der Waals surface area contributed by atoms with Crippen LogP contribution in [0.15, 0.2) is 30.3 Å². The van der Waals surface area contributed by atoms with Crippen molar-refractivity contribution in [2.45, 2.75) is 0 Å². The first-order chi connectivity index (χ1) is 8.15. The molecule has 5 heteroatoms. The van der Waals surface area contributed by atoms with Crippen LogP contribution < -0.4 is 11.1 Å². The van der Waals surface area contributed by atoms with Crippen LogP contribution in [0.3, 0.4) is 0 Å². The Balaban J connectivity index is 2.41. The molecule has 2 amide bonds. The van der Waals surface area contributed by atoms with Gasteiger partial charge in [0.15, 0.2) is 0 Å². The van der Waals surface area contributed by atoms with Gasteiger partial charge in [0, 0.05) is 25.7 Å². The molecule has 3 N–H and O–H groups in total. The van der Waals surface area contributed by atoms with Gasteiger partial charge < -0.3 is 16.0 Å². The zero-order valence-electron chi connectivity index (χ0n) is 9.85. The van der Waals surface area contributed by atoms with Crippen molar-refractivity contribution < 1.29 is 9.59 Å². The van der Waals surface area contributed by atoms with E-state index in [2.05, 4.69) is 5.32 Å². The molecule has 0 bridgehead atoms. The molecule has 0 aliphatic heterocycles. The minimum Gasteiger partial charge on any atom is -0.343 e. The van der Waals surface area contributed by atoms with E-state index in [4.69, 9.17) is 5.73 Å². The molecule has 1 aromatic carbocycles. The predicted octanol–water partition coefficient (Wildman–Crippen LogP) is -0.166. The number of rotatable bonds is 5. The lowest BCUT2D eigenvalue weighted by molar-refractivity contribution is -0.128. The lowest BCUT2D eigenvalue weighted by atomic mass is 10.2. The quantitative estimate of drug-likeness (QED) is 0.744. The maximum Gasteiger partial charge on any atom is 0.251 e. The number of likely N-dealkylation sites (N-methyl/N-ethyl adjacent to an activating group) is 1. The molecule has 17 heavy (non-hydrogen) atoms. The number of nitrogens with one attached hydrogen (secondary N) is 1. The number of hydrogen-bond acceptors (Lipinski definition) is 3. The average Bonchev–Trinajstić information content (AvgIpc) is 2.36. The molecular weight excluding hydrogens is 218 g/mol. The van der Waals surface area contributed by atoms with E-state index in [1.807, 2.05) is 6.07 Å². The summed E-state index contributed by atoms with van der Waals surface area (Å²) in [5, 5.41) is 2.57. The second-order valence-electron chi connectivity index (χ2n) is 3.65. The molecule has 1 rings (SSSR count). The summed E-state index contributed by atoms with van der Waals surface area (Å²) in [6.45, 7) is 0.888. The fraction of sp³-hybridized carbons (Fsp3) is 0.333. The number of nitrogens with zero attached hydrogens (tertiary/aromatic N) is 1. The number of carbonyl (C=O) groups excluding carboxylic acids is 2. The van der Waals surface area contributed by atoms with Gasteiger partial charge in [0.25, 0.3) is 5.91 Å². The highest BCUT2D eigenvalue weighted by Gasteiger charge is 2.10. The van der Waals surface area contributed by atoms with Crippen LogP contribution in [0.2, 0.25) is 0 Å². The summed E-state index contributed by atoms with van der Waals surface area (Å²) in [6, 6.07) is 8.78. The molecule has 92 valence electrons. The first kappa shape index (κ1) is 13.2. The Bertz CT molecular complexity index is 379. The first-order valence-corrected chi connectivity index (χ1v) is 5.42. The highest BCUT2D eigenvalue weighted by Crippen LogP contribution is 1.97. The Morgan fingerprint density at radius 1 is 1.29 bits per heavy atom. The number of amides is 2. The average molecular weight is 235 g/mol. The topological polar surface area (TPSA) is 75.4 Å². The maximum absolute atomic E-state index is 11.6. The summed E-state index contributed by atoms with van der Waals surface area (Å²) in [4.78, 5) is 24.6. The van der Waals surface area contributed by atoms with Crippen LogP contribution >= 0.6 is 0 Å². The molecule has 0 aliphatic rings. The number of benzene rings is 1. The van der Waals surface area contributed by atoms with Gasteiger partial charge in [-0.1, -0.05) is 18.2 Å². The summed E-state index contributed by atoms with van der Waals surface area (Å²) < 4.78 is 0. The lowest BCUT2D eigenvalue weighted by Crippen LogP contribution is -2.40. The zero-order valence-corrected chi connectivity index (χ0v) is 9.85. The fourth-order valence-electron chi connectivity index (χ4n) is 1.30. The number of hydrogen-bond donors (Lipinski definition) is 2. The molecule has 0 atom stereocenters. The van der Waals surface area contributed by atoms with E-state index in [0.717, 1.165) is 0 Å². The second kappa shape index (κ2) is 6.65. The van der Waals surface area contributed by atoms with Crippen LogP contribution in [0, 0.1) is 0 Å². The standard InChI is InChI=1S/C12H17N3O2/c1-15(8-7-13)11(16)9-14-12(17)10-5-3-2-4-6-10/h2-6H,7-9,13H2,1H3,(H,14,17). The van der Waals surface area contributed by atoms with Gasteiger partial charge in [-0.15, -0.1) is 0 Å². The van der Waals surface area contributed by atoms with E-state index < -0.39 is 0 Å². The summed E-state index contributed by atoms with van der Waals surface area (Å²) in [5.41, 5.74) is 5.88. The molecule has 0 radical (unpaired) electrons. The van der Waals surface area contributed by atoms with Crippen molar-refractivity contribution in [2.75, 3.05) is 26.7 Å². The molecule has 0 aromatic heterocycles. The molecule has 0 aliphatic carbocycles. The van der Waals surface area contributed by atoms with E-state index >= 15 is 0 Å². The number of carbonyl (C=O) groups is 2. The van der Waals surface area contributed by atoms with Crippen molar-refractivity contribution in [3.63, 3.8) is 0 Å². The van der Waals surface area contributed by atoms with E-state index in [9.17, 15) is 9.59 Å². The van der Waals surface area contributed by atoms with Gasteiger partial charge >= 0.3 is 0 Å². The molecule has 5 nitrogen and oxygen atoms in total. The van der Waals surface area contributed by atoms with E-state index in [0.29, 0.717) is 18.7 Å². The molecule has 1 aromatic rings. The van der Waals surface area contributed by atoms with Crippen LogP contribution in [0.4, 0.5) is 0 Å². The van der Waals surface area contributed by atoms with Gasteiger partial charge in [-0.3, -0.25) is 9.59 Å². The van der Waals surface area contributed by atoms with Gasteiger partial charge in [0.05, 0.1) is 6.54 Å². The SMILES string of the molecule is CN(CCN)C(=O)CNC(=O)c1ccccc1. The van der Waals surface area contributed by atoms with E-state index in [1.165, 1.54) is 4.90 Å². The third-order valence-electron chi connectivity index (χ3n) is 2.33. The van der Waals surface area contributed by atoms with Gasteiger partial charge in [-0.2, -0.15) is 0 Å². The van der Waals surface area contributed by atoms with Crippen molar-refractivity contribution in [3.05, 3.63) is 35.9 Å². The van der Waals surface area contributed by atoms with Gasteiger partial charge in [0.2, 0.25) is 5.91 Å². The summed E-state index contributed by atoms with van der Waals surface area (Å²) in [5.74, 6) is -0.403. The molecule has 0 saturated heterocycles. The normalized spacial score (nSPS) is 9.76. The Kier molecular flexibility index (Phi) is 5.16. The Morgan fingerprint density at radius 3 is 2.53 bits per heavy atom. The molecule has 0 fully saturated rings. The zero-order chi connectivity index (χ0) is 12.7. The highest BCUT2D eigenvalue weighted by atomic mass is 16.2. The van der Waals surface area contributed by atoms with Gasteiger partial charge in [-0.25, -0.2) is 0 Å². The molecule has 0 spiro atoms. The van der Waals surface area contributed by atoms with Crippen molar-refractivity contribution in [1.29, 1.82) is 0 Å². The third kappa shape index (κ3) is 4.24. The predicted molar refractivity (Wildman–Crippen MR) is 65.5 cm³/mol. The Hall–Kier alpha value is -1.88. The van der Waals surface area contributed by atoms with Crippen LogP contribution in [0.25, 0.3) is 0 Å². The highest BCUT2D eigenvalue weighted by molar-refractivity contribution is 5.96. The largest absolute Gasteiger partial charge is 0.343 e. The van der Waals surface area contributed by atoms with E-state index in [1.54, 1.807) is 31.3 Å². The smallest absolute Gasteiger partial charge is 0.251 e. The molecular formula is C12H17N3O2. The van der Waals surface area contributed by atoms with Gasteiger partial charge in [0.1, 0.15) is 0 Å². The second-order valence-corrected chi connectivity index (χ2v) is 3.65. The molecule has 0 saturated carbocycles. The van der Waals surface area contributed by atoms with E-state index in [-0.39, 0.29) is 18.4 Å². The Morgan fingerprint density at radius 2 is 1.94 bits per heavy atom. The molecule has 0 heterocycles. The van der Waals surface area contributed by atoms with Crippen LogP contribution in [-0.2, 0) is 4.79 Å². The van der Waals surface area contributed by atoms with Crippen molar-refractivity contribution >= 4 is 11.8 Å². The first-order valence-electron chi connectivity index (χ1n) is 5.42. The van der Waals surface area contributed by atoms with Crippen LogP contribution in [0.5, 0.6) is 0 Å². The minimum atomic E-state index is -0.250. The summed E-state index contributed by atoms with van der Waals surface area (Å²) >= 11 is 0. The minimum absolute atomic E-state index is 0.00969. The molecule has 0 unspecified atom stereocenters. The van der Waals surface area contributed by atoms with Crippen molar-refractivity contribution in [2.24, 2.45) is 5.73 Å². The van der Waals surface area contributed by atoms with Crippen LogP contribution in [0.1, 0.15) is 10.4 Å². The van der Waals surface area contributed by atoms with Crippen molar-refractivity contribution in [1.82, 2.24) is 10.2 Å². The Labute approximate surface area is 101 Å². The fourth-order valence-corrected chi connectivity index (χ4v) is 1.30. The maximum atomic E-state index is 11.6. The summed E-state index contributed by atoms with van der Waals surface area (Å²) in [7, 11) is 1.66. The van der Waals surface area contributed by atoms with Gasteiger partial charge in [-0.05, 0) is 12.1 Å². The third-order valence-corrected chi connectivity index (χ3v) is 2.33. The lowest BCUT2D eigenvalue weighted by Gasteiger charge is -2.16. The van der Waals surface area contributed by atoms with Crippen LogP contribution in [-0.4, -0.2) is 43.4 Å². The van der Waals surface area contributed by atoms with Crippen molar-refractivity contribution in [3.8, 4) is 0 Å².